The number of nitrogens with zero attached hydrogens (tertiary/aromatic N) is 2. The van der Waals surface area contributed by atoms with Gasteiger partial charge in [0.1, 0.15) is 10.6 Å². The number of methoxy groups -OCH3 is 1. The molecule has 1 N–H and O–H groups in total. The molecule has 4 rings (SSSR count). The van der Waals surface area contributed by atoms with Gasteiger partial charge in [-0.05, 0) is 30.3 Å². The van der Waals surface area contributed by atoms with Crippen molar-refractivity contribution in [2.75, 3.05) is 44.5 Å². The number of hydrogen-bond donors (Lipinski definition) is 1. The lowest BCUT2D eigenvalue weighted by Gasteiger charge is -2.26. The number of carbonyl (C=O) groups is 1. The molecule has 3 aromatic rings. The number of hydrogen-bond acceptors (Lipinski definition) is 8. The van der Waals surface area contributed by atoms with E-state index >= 15 is 0 Å². The smallest absolute Gasteiger partial charge is 0.246 e. The van der Waals surface area contributed by atoms with E-state index < -0.39 is 10.0 Å². The zero-order valence-electron chi connectivity index (χ0n) is 16.7. The summed E-state index contributed by atoms with van der Waals surface area (Å²) in [5.41, 5.74) is 1.30. The zero-order chi connectivity index (χ0) is 21.8. The molecule has 1 aromatic heterocycles. The molecule has 2 aromatic carbocycles. The molecule has 1 aliphatic rings. The maximum Gasteiger partial charge on any atom is 0.246 e. The van der Waals surface area contributed by atoms with Gasteiger partial charge in [-0.1, -0.05) is 23.9 Å². The SMILES string of the molecule is COc1ccc(NC(=O)CSc2nc3ccccc3s2)cc1S(=O)(=O)N1CCOCC1. The maximum atomic E-state index is 13.1. The molecule has 0 spiro atoms. The van der Waals surface area contributed by atoms with Crippen molar-refractivity contribution in [3.8, 4) is 5.75 Å². The molecule has 11 heteroatoms. The number of rotatable bonds is 7. The highest BCUT2D eigenvalue weighted by Crippen LogP contribution is 2.31. The molecule has 0 bridgehead atoms. The third-order valence-corrected chi connectivity index (χ3v) is 8.74. The molecule has 164 valence electrons. The highest BCUT2D eigenvalue weighted by Gasteiger charge is 2.29. The lowest BCUT2D eigenvalue weighted by molar-refractivity contribution is -0.113. The first-order chi connectivity index (χ1) is 15.0. The summed E-state index contributed by atoms with van der Waals surface area (Å²) in [5.74, 6) is 0.148. The van der Waals surface area contributed by atoms with Crippen molar-refractivity contribution in [2.45, 2.75) is 9.24 Å². The first kappa shape index (κ1) is 22.0. The fraction of sp³-hybridized carbons (Fsp3) is 0.300. The van der Waals surface area contributed by atoms with Gasteiger partial charge in [-0.3, -0.25) is 4.79 Å². The third kappa shape index (κ3) is 5.01. The van der Waals surface area contributed by atoms with E-state index in [4.69, 9.17) is 9.47 Å². The number of morpholine rings is 1. The molecule has 1 amide bonds. The number of carbonyl (C=O) groups excluding carboxylic acids is 1. The summed E-state index contributed by atoms with van der Waals surface area (Å²) < 4.78 is 39.9. The number of aromatic nitrogens is 1. The second kappa shape index (κ2) is 9.53. The normalized spacial score (nSPS) is 15.1. The van der Waals surface area contributed by atoms with Crippen LogP contribution in [0, 0.1) is 0 Å². The molecule has 0 radical (unpaired) electrons. The Morgan fingerprint density at radius 2 is 2.03 bits per heavy atom. The fourth-order valence-corrected chi connectivity index (χ4v) is 6.58. The average molecular weight is 480 g/mol. The molecule has 0 unspecified atom stereocenters. The molecule has 0 atom stereocenters. The number of nitrogens with one attached hydrogen (secondary N) is 1. The summed E-state index contributed by atoms with van der Waals surface area (Å²) in [7, 11) is -2.35. The number of benzene rings is 2. The van der Waals surface area contributed by atoms with Crippen molar-refractivity contribution in [3.63, 3.8) is 0 Å². The summed E-state index contributed by atoms with van der Waals surface area (Å²) in [6.07, 6.45) is 0. The molecular weight excluding hydrogens is 458 g/mol. The van der Waals surface area contributed by atoms with Crippen molar-refractivity contribution >= 4 is 54.9 Å². The highest BCUT2D eigenvalue weighted by molar-refractivity contribution is 8.01. The molecule has 1 saturated heterocycles. The van der Waals surface area contributed by atoms with Crippen molar-refractivity contribution in [2.24, 2.45) is 0 Å². The monoisotopic (exact) mass is 479 g/mol. The van der Waals surface area contributed by atoms with Gasteiger partial charge in [0, 0.05) is 18.8 Å². The third-order valence-electron chi connectivity index (χ3n) is 4.64. The zero-order valence-corrected chi connectivity index (χ0v) is 19.2. The van der Waals surface area contributed by atoms with Crippen LogP contribution in [0.25, 0.3) is 10.2 Å². The molecule has 0 saturated carbocycles. The van der Waals surface area contributed by atoms with E-state index in [0.717, 1.165) is 14.6 Å². The van der Waals surface area contributed by atoms with Crippen LogP contribution in [0.2, 0.25) is 0 Å². The fourth-order valence-electron chi connectivity index (χ4n) is 3.12. The van der Waals surface area contributed by atoms with Crippen LogP contribution >= 0.6 is 23.1 Å². The number of para-hydroxylation sites is 1. The summed E-state index contributed by atoms with van der Waals surface area (Å²) in [6.45, 7) is 1.25. The summed E-state index contributed by atoms with van der Waals surface area (Å²) in [5, 5.41) is 2.77. The van der Waals surface area contributed by atoms with Crippen molar-refractivity contribution in [3.05, 3.63) is 42.5 Å². The number of fused-ring (bicyclic) bond motifs is 1. The molecule has 0 aliphatic carbocycles. The molecule has 2 heterocycles. The lowest BCUT2D eigenvalue weighted by atomic mass is 10.3. The van der Waals surface area contributed by atoms with Gasteiger partial charge < -0.3 is 14.8 Å². The van der Waals surface area contributed by atoms with E-state index in [-0.39, 0.29) is 35.4 Å². The van der Waals surface area contributed by atoms with E-state index in [1.54, 1.807) is 12.1 Å². The predicted molar refractivity (Wildman–Crippen MR) is 122 cm³/mol. The quantitative estimate of drug-likeness (QED) is 0.520. The topological polar surface area (TPSA) is 97.8 Å². The van der Waals surface area contributed by atoms with Crippen LogP contribution in [0.1, 0.15) is 0 Å². The Balaban J connectivity index is 1.46. The van der Waals surface area contributed by atoms with Crippen LogP contribution in [0.15, 0.2) is 51.7 Å². The maximum absolute atomic E-state index is 13.1. The van der Waals surface area contributed by atoms with Crippen molar-refractivity contribution in [1.82, 2.24) is 9.29 Å². The van der Waals surface area contributed by atoms with Gasteiger partial charge in [0.05, 0.1) is 36.3 Å². The van der Waals surface area contributed by atoms with Gasteiger partial charge in [0.15, 0.2) is 4.34 Å². The Labute approximate surface area is 188 Å². The van der Waals surface area contributed by atoms with Crippen LogP contribution in [-0.4, -0.2) is 62.8 Å². The summed E-state index contributed by atoms with van der Waals surface area (Å²) >= 11 is 2.88. The van der Waals surface area contributed by atoms with Crippen LogP contribution in [0.5, 0.6) is 5.75 Å². The molecular formula is C20H21N3O5S3. The minimum absolute atomic E-state index is 0.0218. The number of anilines is 1. The van der Waals surface area contributed by atoms with E-state index in [1.807, 2.05) is 24.3 Å². The van der Waals surface area contributed by atoms with E-state index in [0.29, 0.717) is 18.9 Å². The summed E-state index contributed by atoms with van der Waals surface area (Å²) in [6, 6.07) is 12.4. The van der Waals surface area contributed by atoms with Gasteiger partial charge >= 0.3 is 0 Å². The standard InChI is InChI=1S/C20H21N3O5S3/c1-27-16-7-6-14(12-18(16)31(25,26)23-8-10-28-11-9-23)21-19(24)13-29-20-22-15-4-2-3-5-17(15)30-20/h2-7,12H,8-11,13H2,1H3,(H,21,24). The Hall–Kier alpha value is -2.18. The van der Waals surface area contributed by atoms with Crippen molar-refractivity contribution < 1.29 is 22.7 Å². The number of amides is 1. The first-order valence-corrected chi connectivity index (χ1v) is 12.8. The Bertz CT molecular complexity index is 1160. The second-order valence-corrected chi connectivity index (χ2v) is 10.8. The minimum Gasteiger partial charge on any atom is -0.495 e. The van der Waals surface area contributed by atoms with Crippen LogP contribution in [-0.2, 0) is 19.6 Å². The minimum atomic E-state index is -3.77. The van der Waals surface area contributed by atoms with Crippen molar-refractivity contribution in [1.29, 1.82) is 0 Å². The number of ether oxygens (including phenoxy) is 2. The second-order valence-electron chi connectivity index (χ2n) is 6.67. The van der Waals surface area contributed by atoms with E-state index in [2.05, 4.69) is 10.3 Å². The van der Waals surface area contributed by atoms with Gasteiger partial charge in [0.2, 0.25) is 15.9 Å². The molecule has 1 fully saturated rings. The van der Waals surface area contributed by atoms with E-state index in [9.17, 15) is 13.2 Å². The van der Waals surface area contributed by atoms with E-state index in [1.165, 1.54) is 40.6 Å². The predicted octanol–water partition coefficient (Wildman–Crippen LogP) is 3.06. The van der Waals surface area contributed by atoms with Crippen LogP contribution < -0.4 is 10.1 Å². The average Bonchev–Trinajstić information content (AvgIpc) is 3.21. The molecule has 8 nitrogen and oxygen atoms in total. The van der Waals surface area contributed by atoms with Gasteiger partial charge in [0.25, 0.3) is 0 Å². The Morgan fingerprint density at radius 3 is 2.77 bits per heavy atom. The Kier molecular flexibility index (Phi) is 6.77. The van der Waals surface area contributed by atoms with Crippen LogP contribution in [0.4, 0.5) is 5.69 Å². The highest BCUT2D eigenvalue weighted by atomic mass is 32.2. The number of thiazole rings is 1. The molecule has 31 heavy (non-hydrogen) atoms. The van der Waals surface area contributed by atoms with Gasteiger partial charge in [-0.15, -0.1) is 11.3 Å². The number of sulfonamides is 1. The first-order valence-electron chi connectivity index (χ1n) is 9.51. The van der Waals surface area contributed by atoms with Crippen LogP contribution in [0.3, 0.4) is 0 Å². The Morgan fingerprint density at radius 1 is 1.26 bits per heavy atom. The summed E-state index contributed by atoms with van der Waals surface area (Å²) in [4.78, 5) is 17.0. The largest absolute Gasteiger partial charge is 0.495 e. The molecule has 1 aliphatic heterocycles. The van der Waals surface area contributed by atoms with Gasteiger partial charge in [-0.2, -0.15) is 4.31 Å². The number of thioether (sulfide) groups is 1. The van der Waals surface area contributed by atoms with Gasteiger partial charge in [-0.25, -0.2) is 13.4 Å². The lowest BCUT2D eigenvalue weighted by Crippen LogP contribution is -2.40.